The monoisotopic (exact) mass is 222 g/mol. The normalized spacial score (nSPS) is 16.6. The van der Waals surface area contributed by atoms with E-state index < -0.39 is 0 Å². The highest BCUT2D eigenvalue weighted by atomic mass is 16.2. The van der Waals surface area contributed by atoms with Gasteiger partial charge in [-0.1, -0.05) is 12.8 Å². The van der Waals surface area contributed by atoms with Crippen LogP contribution >= 0.6 is 0 Å². The van der Waals surface area contributed by atoms with Crippen molar-refractivity contribution in [3.63, 3.8) is 0 Å². The third-order valence-electron chi connectivity index (χ3n) is 3.03. The summed E-state index contributed by atoms with van der Waals surface area (Å²) < 4.78 is 1.63. The van der Waals surface area contributed by atoms with Gasteiger partial charge in [0.25, 0.3) is 5.91 Å². The van der Waals surface area contributed by atoms with Crippen molar-refractivity contribution in [1.82, 2.24) is 15.1 Å². The van der Waals surface area contributed by atoms with Gasteiger partial charge in [-0.25, -0.2) is 4.68 Å². The Hall–Kier alpha value is -1.52. The molecule has 3 N–H and O–H groups in total. The van der Waals surface area contributed by atoms with Crippen molar-refractivity contribution in [2.45, 2.75) is 45.2 Å². The van der Waals surface area contributed by atoms with Crippen LogP contribution in [-0.2, 0) is 6.54 Å². The van der Waals surface area contributed by atoms with Crippen LogP contribution in [0.15, 0.2) is 6.07 Å². The quantitative estimate of drug-likeness (QED) is 0.806. The Morgan fingerprint density at radius 1 is 1.62 bits per heavy atom. The first-order valence-corrected chi connectivity index (χ1v) is 5.85. The molecule has 1 aliphatic carbocycles. The number of hydrogen-bond donors (Lipinski definition) is 2. The maximum atomic E-state index is 11.8. The van der Waals surface area contributed by atoms with Crippen LogP contribution in [0.4, 0.5) is 5.82 Å². The summed E-state index contributed by atoms with van der Waals surface area (Å²) in [5.74, 6) is 0.435. The van der Waals surface area contributed by atoms with Crippen molar-refractivity contribution in [3.8, 4) is 0 Å². The molecule has 0 saturated heterocycles. The van der Waals surface area contributed by atoms with Crippen molar-refractivity contribution in [3.05, 3.63) is 11.8 Å². The summed E-state index contributed by atoms with van der Waals surface area (Å²) in [6.45, 7) is 2.63. The fourth-order valence-electron chi connectivity index (χ4n) is 2.12. The topological polar surface area (TPSA) is 72.9 Å². The summed E-state index contributed by atoms with van der Waals surface area (Å²) in [7, 11) is 0. The SMILES string of the molecule is CCn1nc(C(=O)NC2CCCC2)cc1N. The first-order valence-electron chi connectivity index (χ1n) is 5.85. The molecule has 1 amide bonds. The van der Waals surface area contributed by atoms with Crippen LogP contribution in [0.3, 0.4) is 0 Å². The zero-order valence-corrected chi connectivity index (χ0v) is 9.57. The van der Waals surface area contributed by atoms with Crippen molar-refractivity contribution in [2.24, 2.45) is 0 Å². The van der Waals surface area contributed by atoms with Crippen LogP contribution < -0.4 is 11.1 Å². The number of hydrogen-bond acceptors (Lipinski definition) is 3. The molecule has 1 fully saturated rings. The Balaban J connectivity index is 2.02. The molecule has 88 valence electrons. The van der Waals surface area contributed by atoms with Gasteiger partial charge in [0, 0.05) is 18.7 Å². The van der Waals surface area contributed by atoms with Crippen molar-refractivity contribution >= 4 is 11.7 Å². The molecule has 2 rings (SSSR count). The summed E-state index contributed by atoms with van der Waals surface area (Å²) in [6.07, 6.45) is 4.57. The van der Waals surface area contributed by atoms with Crippen molar-refractivity contribution in [2.75, 3.05) is 5.73 Å². The lowest BCUT2D eigenvalue weighted by atomic mass is 10.2. The summed E-state index contributed by atoms with van der Waals surface area (Å²) in [5, 5.41) is 7.14. The van der Waals surface area contributed by atoms with E-state index in [9.17, 15) is 4.79 Å². The molecular formula is C11H18N4O. The zero-order valence-electron chi connectivity index (χ0n) is 9.57. The number of carbonyl (C=O) groups is 1. The maximum absolute atomic E-state index is 11.8. The second-order valence-corrected chi connectivity index (χ2v) is 4.23. The average molecular weight is 222 g/mol. The van der Waals surface area contributed by atoms with E-state index in [2.05, 4.69) is 10.4 Å². The Morgan fingerprint density at radius 3 is 2.88 bits per heavy atom. The third-order valence-corrected chi connectivity index (χ3v) is 3.03. The largest absolute Gasteiger partial charge is 0.384 e. The third kappa shape index (κ3) is 2.18. The van der Waals surface area contributed by atoms with Gasteiger partial charge in [0.2, 0.25) is 0 Å². The summed E-state index contributed by atoms with van der Waals surface area (Å²) >= 11 is 0. The van der Waals surface area contributed by atoms with Crippen LogP contribution in [0.5, 0.6) is 0 Å². The number of aryl methyl sites for hydroxylation is 1. The lowest BCUT2D eigenvalue weighted by Crippen LogP contribution is -2.32. The molecule has 1 aromatic rings. The van der Waals surface area contributed by atoms with E-state index in [1.165, 1.54) is 12.8 Å². The number of nitrogens with one attached hydrogen (secondary N) is 1. The lowest BCUT2D eigenvalue weighted by Gasteiger charge is -2.09. The fourth-order valence-corrected chi connectivity index (χ4v) is 2.12. The number of nitrogens with two attached hydrogens (primary N) is 1. The number of anilines is 1. The predicted molar refractivity (Wildman–Crippen MR) is 62.0 cm³/mol. The Morgan fingerprint density at radius 2 is 2.31 bits per heavy atom. The minimum atomic E-state index is -0.106. The lowest BCUT2D eigenvalue weighted by molar-refractivity contribution is 0.0932. The van der Waals surface area contributed by atoms with E-state index in [0.29, 0.717) is 24.1 Å². The molecule has 0 spiro atoms. The summed E-state index contributed by atoms with van der Waals surface area (Å²) in [4.78, 5) is 11.8. The molecule has 16 heavy (non-hydrogen) atoms. The minimum Gasteiger partial charge on any atom is -0.384 e. The van der Waals surface area contributed by atoms with Gasteiger partial charge in [0.15, 0.2) is 5.69 Å². The minimum absolute atomic E-state index is 0.106. The van der Waals surface area contributed by atoms with Crippen LogP contribution in [-0.4, -0.2) is 21.7 Å². The first kappa shape index (κ1) is 11.0. The van der Waals surface area contributed by atoms with E-state index in [4.69, 9.17) is 5.73 Å². The smallest absolute Gasteiger partial charge is 0.272 e. The van der Waals surface area contributed by atoms with Crippen LogP contribution in [0.25, 0.3) is 0 Å². The van der Waals surface area contributed by atoms with Gasteiger partial charge >= 0.3 is 0 Å². The van der Waals surface area contributed by atoms with E-state index >= 15 is 0 Å². The number of amides is 1. The highest BCUT2D eigenvalue weighted by Gasteiger charge is 2.19. The average Bonchev–Trinajstić information content (AvgIpc) is 2.87. The molecule has 5 nitrogen and oxygen atoms in total. The molecule has 0 bridgehead atoms. The number of carbonyl (C=O) groups excluding carboxylic acids is 1. The highest BCUT2D eigenvalue weighted by molar-refractivity contribution is 5.93. The highest BCUT2D eigenvalue weighted by Crippen LogP contribution is 2.18. The van der Waals surface area contributed by atoms with Gasteiger partial charge in [-0.3, -0.25) is 4.79 Å². The first-order chi connectivity index (χ1) is 7.70. The van der Waals surface area contributed by atoms with Gasteiger partial charge in [-0.2, -0.15) is 5.10 Å². The molecular weight excluding hydrogens is 204 g/mol. The Kier molecular flexibility index (Phi) is 3.12. The van der Waals surface area contributed by atoms with E-state index in [-0.39, 0.29) is 5.91 Å². The maximum Gasteiger partial charge on any atom is 0.272 e. The standard InChI is InChI=1S/C11H18N4O/c1-2-15-10(12)7-9(14-15)11(16)13-8-5-3-4-6-8/h7-8H,2-6,12H2,1H3,(H,13,16). The Bertz CT molecular complexity index is 379. The molecule has 0 radical (unpaired) electrons. The molecule has 5 heteroatoms. The van der Waals surface area contributed by atoms with Crippen molar-refractivity contribution in [1.29, 1.82) is 0 Å². The van der Waals surface area contributed by atoms with Crippen molar-refractivity contribution < 1.29 is 4.79 Å². The molecule has 1 aliphatic rings. The molecule has 0 unspecified atom stereocenters. The summed E-state index contributed by atoms with van der Waals surface area (Å²) in [6, 6.07) is 1.95. The van der Waals surface area contributed by atoms with Gasteiger partial charge in [0.1, 0.15) is 5.82 Å². The van der Waals surface area contributed by atoms with Gasteiger partial charge < -0.3 is 11.1 Å². The second kappa shape index (κ2) is 4.55. The van der Waals surface area contributed by atoms with Gasteiger partial charge in [-0.15, -0.1) is 0 Å². The number of aromatic nitrogens is 2. The predicted octanol–water partition coefficient (Wildman–Crippen LogP) is 1.16. The van der Waals surface area contributed by atoms with Gasteiger partial charge in [-0.05, 0) is 19.8 Å². The van der Waals surface area contributed by atoms with Gasteiger partial charge in [0.05, 0.1) is 0 Å². The van der Waals surface area contributed by atoms with Crippen LogP contribution in [0.2, 0.25) is 0 Å². The number of nitrogen functional groups attached to an aromatic ring is 1. The number of rotatable bonds is 3. The Labute approximate surface area is 95.0 Å². The summed E-state index contributed by atoms with van der Waals surface area (Å²) in [5.41, 5.74) is 6.14. The molecule has 0 atom stereocenters. The molecule has 0 aliphatic heterocycles. The second-order valence-electron chi connectivity index (χ2n) is 4.23. The fraction of sp³-hybridized carbons (Fsp3) is 0.636. The number of nitrogens with zero attached hydrogens (tertiary/aromatic N) is 2. The van der Waals surface area contributed by atoms with E-state index in [0.717, 1.165) is 12.8 Å². The van der Waals surface area contributed by atoms with E-state index in [1.54, 1.807) is 10.7 Å². The molecule has 0 aromatic carbocycles. The molecule has 1 aromatic heterocycles. The molecule has 1 heterocycles. The molecule has 1 saturated carbocycles. The van der Waals surface area contributed by atoms with Crippen LogP contribution in [0, 0.1) is 0 Å². The van der Waals surface area contributed by atoms with Crippen LogP contribution in [0.1, 0.15) is 43.1 Å². The van der Waals surface area contributed by atoms with E-state index in [1.807, 2.05) is 6.92 Å². The zero-order chi connectivity index (χ0) is 11.5.